The van der Waals surface area contributed by atoms with Crippen LogP contribution < -0.4 is 0 Å². The fraction of sp³-hybridized carbons (Fsp3) is 0.400. The van der Waals surface area contributed by atoms with E-state index in [9.17, 15) is 9.18 Å². The number of benzene rings is 1. The summed E-state index contributed by atoms with van der Waals surface area (Å²) in [7, 11) is 0. The first-order chi connectivity index (χ1) is 9.69. The normalized spacial score (nSPS) is 14.7. The second-order valence-corrected chi connectivity index (χ2v) is 5.22. The third-order valence-electron chi connectivity index (χ3n) is 3.72. The Morgan fingerprint density at radius 1 is 1.45 bits per heavy atom. The van der Waals surface area contributed by atoms with Gasteiger partial charge < -0.3 is 15.0 Å². The van der Waals surface area contributed by atoms with Crippen molar-refractivity contribution in [3.63, 3.8) is 0 Å². The summed E-state index contributed by atoms with van der Waals surface area (Å²) < 4.78 is 13.3. The van der Waals surface area contributed by atoms with Gasteiger partial charge in [-0.25, -0.2) is 4.39 Å². The lowest BCUT2D eigenvalue weighted by atomic mass is 10.1. The molecule has 2 aromatic rings. The van der Waals surface area contributed by atoms with Gasteiger partial charge in [-0.2, -0.15) is 0 Å². The highest BCUT2D eigenvalue weighted by Crippen LogP contribution is 2.28. The Balaban J connectivity index is 1.81. The molecular formula is C15H17FN2O2. The van der Waals surface area contributed by atoms with E-state index in [4.69, 9.17) is 5.11 Å². The third kappa shape index (κ3) is 2.54. The number of aromatic nitrogens is 1. The first-order valence-corrected chi connectivity index (χ1v) is 6.85. The molecular weight excluding hydrogens is 259 g/mol. The second kappa shape index (κ2) is 5.25. The van der Waals surface area contributed by atoms with Crippen molar-refractivity contribution in [2.24, 2.45) is 0 Å². The van der Waals surface area contributed by atoms with Crippen LogP contribution in [0.1, 0.15) is 18.4 Å². The summed E-state index contributed by atoms with van der Waals surface area (Å²) in [6.45, 7) is 0.352. The lowest BCUT2D eigenvalue weighted by Gasteiger charge is -2.21. The molecule has 1 aliphatic carbocycles. The van der Waals surface area contributed by atoms with Crippen molar-refractivity contribution in [3.8, 4) is 0 Å². The van der Waals surface area contributed by atoms with Crippen LogP contribution in [0, 0.1) is 5.82 Å². The van der Waals surface area contributed by atoms with Crippen molar-refractivity contribution in [1.82, 2.24) is 9.88 Å². The number of aliphatic hydroxyl groups excluding tert-OH is 1. The van der Waals surface area contributed by atoms with Crippen LogP contribution in [0.3, 0.4) is 0 Å². The Kier molecular flexibility index (Phi) is 3.44. The highest BCUT2D eigenvalue weighted by Gasteiger charge is 2.32. The van der Waals surface area contributed by atoms with Crippen molar-refractivity contribution in [2.75, 3.05) is 13.2 Å². The molecule has 0 atom stereocenters. The van der Waals surface area contributed by atoms with Crippen LogP contribution in [0.15, 0.2) is 24.4 Å². The van der Waals surface area contributed by atoms with Crippen LogP contribution in [-0.4, -0.2) is 40.1 Å². The molecule has 1 aromatic carbocycles. The maximum atomic E-state index is 13.3. The fourth-order valence-corrected chi connectivity index (χ4v) is 2.57. The summed E-state index contributed by atoms with van der Waals surface area (Å²) in [5.41, 5.74) is 1.63. The number of H-pyrrole nitrogens is 1. The molecule has 1 heterocycles. The van der Waals surface area contributed by atoms with Crippen molar-refractivity contribution in [1.29, 1.82) is 0 Å². The van der Waals surface area contributed by atoms with Gasteiger partial charge in [-0.05, 0) is 36.6 Å². The van der Waals surface area contributed by atoms with Gasteiger partial charge in [0.25, 0.3) is 0 Å². The zero-order valence-corrected chi connectivity index (χ0v) is 11.1. The fourth-order valence-electron chi connectivity index (χ4n) is 2.57. The van der Waals surface area contributed by atoms with Crippen molar-refractivity contribution < 1.29 is 14.3 Å². The molecule has 20 heavy (non-hydrogen) atoms. The third-order valence-corrected chi connectivity index (χ3v) is 3.72. The van der Waals surface area contributed by atoms with Gasteiger partial charge in [-0.15, -0.1) is 0 Å². The van der Waals surface area contributed by atoms with E-state index in [0.29, 0.717) is 6.54 Å². The number of hydrogen-bond acceptors (Lipinski definition) is 2. The molecule has 0 unspecified atom stereocenters. The number of rotatable bonds is 5. The van der Waals surface area contributed by atoms with E-state index in [1.165, 1.54) is 12.1 Å². The Labute approximate surface area is 116 Å². The summed E-state index contributed by atoms with van der Waals surface area (Å²) in [6.07, 6.45) is 4.01. The molecule has 1 fully saturated rings. The van der Waals surface area contributed by atoms with Gasteiger partial charge in [0.15, 0.2) is 0 Å². The van der Waals surface area contributed by atoms with Crippen LogP contribution in [0.4, 0.5) is 4.39 Å². The van der Waals surface area contributed by atoms with Gasteiger partial charge in [0.05, 0.1) is 13.0 Å². The van der Waals surface area contributed by atoms with Gasteiger partial charge in [0.1, 0.15) is 5.82 Å². The number of nitrogens with one attached hydrogen (secondary N) is 1. The van der Waals surface area contributed by atoms with E-state index < -0.39 is 0 Å². The summed E-state index contributed by atoms with van der Waals surface area (Å²) in [5, 5.41) is 9.80. The number of fused-ring (bicyclic) bond motifs is 1. The molecule has 0 aliphatic heterocycles. The number of aliphatic hydroxyl groups is 1. The van der Waals surface area contributed by atoms with Gasteiger partial charge in [-0.1, -0.05) is 0 Å². The second-order valence-electron chi connectivity index (χ2n) is 5.22. The number of aromatic amines is 1. The molecule has 5 heteroatoms. The zero-order valence-electron chi connectivity index (χ0n) is 11.1. The average molecular weight is 276 g/mol. The van der Waals surface area contributed by atoms with Crippen LogP contribution in [0.25, 0.3) is 10.9 Å². The van der Waals surface area contributed by atoms with E-state index in [1.54, 1.807) is 17.2 Å². The Morgan fingerprint density at radius 2 is 2.25 bits per heavy atom. The van der Waals surface area contributed by atoms with Crippen LogP contribution >= 0.6 is 0 Å². The van der Waals surface area contributed by atoms with Crippen LogP contribution in [-0.2, 0) is 11.2 Å². The van der Waals surface area contributed by atoms with Gasteiger partial charge >= 0.3 is 0 Å². The van der Waals surface area contributed by atoms with E-state index in [2.05, 4.69) is 4.98 Å². The zero-order chi connectivity index (χ0) is 14.1. The molecule has 2 N–H and O–H groups in total. The standard InChI is InChI=1S/C15H17FN2O2/c16-11-1-4-14-13(8-11)10(9-17-14)7-15(20)18(5-6-19)12-2-3-12/h1,4,8-9,12,17,19H,2-3,5-7H2. The van der Waals surface area contributed by atoms with Gasteiger partial charge in [0.2, 0.25) is 5.91 Å². The molecule has 1 aromatic heterocycles. The Hall–Kier alpha value is -1.88. The summed E-state index contributed by atoms with van der Waals surface area (Å²) in [6, 6.07) is 4.79. The van der Waals surface area contributed by atoms with Crippen molar-refractivity contribution >= 4 is 16.8 Å². The Morgan fingerprint density at radius 3 is 2.95 bits per heavy atom. The van der Waals surface area contributed by atoms with E-state index in [1.807, 2.05) is 0 Å². The van der Waals surface area contributed by atoms with E-state index in [0.717, 1.165) is 29.3 Å². The first-order valence-electron chi connectivity index (χ1n) is 6.85. The van der Waals surface area contributed by atoms with E-state index >= 15 is 0 Å². The number of halogens is 1. The molecule has 0 saturated heterocycles. The predicted molar refractivity (Wildman–Crippen MR) is 73.8 cm³/mol. The quantitative estimate of drug-likeness (QED) is 0.875. The molecule has 0 radical (unpaired) electrons. The van der Waals surface area contributed by atoms with E-state index in [-0.39, 0.29) is 30.8 Å². The maximum Gasteiger partial charge on any atom is 0.227 e. The lowest BCUT2D eigenvalue weighted by molar-refractivity contribution is -0.131. The number of amides is 1. The predicted octanol–water partition coefficient (Wildman–Crippen LogP) is 1.83. The molecule has 3 rings (SSSR count). The first kappa shape index (κ1) is 13.1. The van der Waals surface area contributed by atoms with Crippen LogP contribution in [0.2, 0.25) is 0 Å². The van der Waals surface area contributed by atoms with Gasteiger partial charge in [-0.3, -0.25) is 4.79 Å². The summed E-state index contributed by atoms with van der Waals surface area (Å²) in [4.78, 5) is 17.1. The van der Waals surface area contributed by atoms with Crippen LogP contribution in [0.5, 0.6) is 0 Å². The molecule has 106 valence electrons. The molecule has 0 bridgehead atoms. The topological polar surface area (TPSA) is 56.3 Å². The average Bonchev–Trinajstić information content (AvgIpc) is 3.20. The monoisotopic (exact) mass is 276 g/mol. The maximum absolute atomic E-state index is 13.3. The molecule has 1 aliphatic rings. The number of carbonyl (C=O) groups excluding carboxylic acids is 1. The summed E-state index contributed by atoms with van der Waals surface area (Å²) in [5.74, 6) is -0.313. The molecule has 1 amide bonds. The highest BCUT2D eigenvalue weighted by molar-refractivity contribution is 5.89. The molecule has 0 spiro atoms. The summed E-state index contributed by atoms with van der Waals surface area (Å²) >= 11 is 0. The lowest BCUT2D eigenvalue weighted by Crippen LogP contribution is -2.36. The number of carbonyl (C=O) groups is 1. The molecule has 1 saturated carbocycles. The highest BCUT2D eigenvalue weighted by atomic mass is 19.1. The van der Waals surface area contributed by atoms with Crippen molar-refractivity contribution in [3.05, 3.63) is 35.8 Å². The minimum atomic E-state index is -0.305. The van der Waals surface area contributed by atoms with Gasteiger partial charge in [0, 0.05) is 29.7 Å². The van der Waals surface area contributed by atoms with Crippen molar-refractivity contribution in [2.45, 2.75) is 25.3 Å². The number of nitrogens with zero attached hydrogens (tertiary/aromatic N) is 1. The minimum Gasteiger partial charge on any atom is -0.395 e. The smallest absolute Gasteiger partial charge is 0.227 e. The minimum absolute atomic E-state index is 0.00767. The molecule has 4 nitrogen and oxygen atoms in total. The Bertz CT molecular complexity index is 634. The SMILES string of the molecule is O=C(Cc1c[nH]c2ccc(F)cc12)N(CCO)C1CC1. The number of hydrogen-bond donors (Lipinski definition) is 2. The largest absolute Gasteiger partial charge is 0.395 e.